The Morgan fingerprint density at radius 2 is 1.95 bits per heavy atom. The van der Waals surface area contributed by atoms with E-state index in [9.17, 15) is 14.4 Å². The van der Waals surface area contributed by atoms with Crippen LogP contribution in [0.2, 0.25) is 0 Å². The van der Waals surface area contributed by atoms with E-state index in [0.29, 0.717) is 31.1 Å². The van der Waals surface area contributed by atoms with Crippen molar-refractivity contribution in [2.45, 2.75) is 77.5 Å². The Labute approximate surface area is 217 Å². The Hall–Kier alpha value is -3.56. The normalized spacial score (nSPS) is 19.5. The summed E-state index contributed by atoms with van der Waals surface area (Å²) in [5.74, 6) is 0.238. The molecule has 2 aromatic rings. The Morgan fingerprint density at radius 1 is 1.19 bits per heavy atom. The number of amides is 3. The molecule has 2 heterocycles. The van der Waals surface area contributed by atoms with E-state index in [2.05, 4.69) is 15.6 Å². The number of nitrogens with one attached hydrogen (secondary N) is 2. The first kappa shape index (κ1) is 26.5. The van der Waals surface area contributed by atoms with E-state index in [0.717, 1.165) is 31.2 Å². The highest BCUT2D eigenvalue weighted by atomic mass is 16.5. The van der Waals surface area contributed by atoms with E-state index in [1.165, 1.54) is 6.33 Å². The monoisotopic (exact) mass is 511 g/mol. The van der Waals surface area contributed by atoms with Crippen LogP contribution in [0.5, 0.6) is 11.5 Å². The smallest absolute Gasteiger partial charge is 0.273 e. The molecule has 1 atom stereocenters. The number of methoxy groups -OCH3 is 1. The lowest BCUT2D eigenvalue weighted by Gasteiger charge is -2.44. The third-order valence-corrected chi connectivity index (χ3v) is 7.18. The molecule has 1 aromatic heterocycles. The van der Waals surface area contributed by atoms with E-state index in [-0.39, 0.29) is 42.3 Å². The molecule has 0 unspecified atom stereocenters. The minimum atomic E-state index is -1.06. The number of benzene rings is 1. The maximum Gasteiger partial charge on any atom is 0.273 e. The Balaban J connectivity index is 1.52. The molecule has 37 heavy (non-hydrogen) atoms. The molecule has 1 aliphatic heterocycles. The van der Waals surface area contributed by atoms with Gasteiger partial charge in [-0.15, -0.1) is 0 Å². The number of hydrogen-bond acceptors (Lipinski definition) is 6. The van der Waals surface area contributed by atoms with E-state index in [1.807, 2.05) is 19.9 Å². The second kappa shape index (κ2) is 11.2. The molecule has 0 radical (unpaired) electrons. The first-order valence-corrected chi connectivity index (χ1v) is 13.1. The van der Waals surface area contributed by atoms with Crippen LogP contribution in [0.4, 0.5) is 0 Å². The van der Waals surface area contributed by atoms with Crippen LogP contribution in [0, 0.1) is 0 Å². The molecule has 0 saturated heterocycles. The maximum atomic E-state index is 13.7. The van der Waals surface area contributed by atoms with Crippen LogP contribution in [0.25, 0.3) is 0 Å². The summed E-state index contributed by atoms with van der Waals surface area (Å²) in [6.07, 6.45) is 6.30. The fraction of sp³-hybridized carbons (Fsp3) is 0.556. The second-order valence-corrected chi connectivity index (χ2v) is 9.86. The maximum absolute atomic E-state index is 13.7. The minimum Gasteiger partial charge on any atom is -0.493 e. The summed E-state index contributed by atoms with van der Waals surface area (Å²) in [4.78, 5) is 46.1. The van der Waals surface area contributed by atoms with Gasteiger partial charge in [0, 0.05) is 19.1 Å². The van der Waals surface area contributed by atoms with Crippen molar-refractivity contribution in [2.75, 3.05) is 20.3 Å². The molecule has 0 spiro atoms. The molecule has 2 N–H and O–H groups in total. The number of carbonyl (C=O) groups excluding carboxylic acids is 3. The molecule has 1 saturated carbocycles. The number of nitrogens with zero attached hydrogens (tertiary/aromatic N) is 3. The van der Waals surface area contributed by atoms with E-state index < -0.39 is 11.4 Å². The van der Waals surface area contributed by atoms with Crippen molar-refractivity contribution in [1.82, 2.24) is 25.1 Å². The fourth-order valence-corrected chi connectivity index (χ4v) is 5.20. The summed E-state index contributed by atoms with van der Waals surface area (Å²) in [6, 6.07) is 5.59. The summed E-state index contributed by atoms with van der Waals surface area (Å²) < 4.78 is 12.6. The highest BCUT2D eigenvalue weighted by molar-refractivity contribution is 6.07. The third kappa shape index (κ3) is 5.28. The van der Waals surface area contributed by atoms with Crippen LogP contribution in [-0.4, -0.2) is 64.0 Å². The molecule has 3 amide bonds. The minimum absolute atomic E-state index is 0.0576. The molecule has 10 heteroatoms. The van der Waals surface area contributed by atoms with Crippen molar-refractivity contribution in [3.63, 3.8) is 0 Å². The molecule has 200 valence electrons. The quantitative estimate of drug-likeness (QED) is 0.507. The zero-order valence-corrected chi connectivity index (χ0v) is 22.1. The van der Waals surface area contributed by atoms with Crippen molar-refractivity contribution < 1.29 is 23.9 Å². The zero-order chi connectivity index (χ0) is 26.6. The number of rotatable bonds is 10. The summed E-state index contributed by atoms with van der Waals surface area (Å²) in [7, 11) is 1.56. The molecule has 4 rings (SSSR count). The van der Waals surface area contributed by atoms with Gasteiger partial charge in [0.05, 0.1) is 26.6 Å². The van der Waals surface area contributed by atoms with Gasteiger partial charge in [0.15, 0.2) is 17.2 Å². The molecule has 1 aromatic carbocycles. The number of fused-ring (bicyclic) bond motifs is 1. The zero-order valence-electron chi connectivity index (χ0n) is 22.1. The van der Waals surface area contributed by atoms with Crippen molar-refractivity contribution in [1.29, 1.82) is 0 Å². The van der Waals surface area contributed by atoms with E-state index in [4.69, 9.17) is 9.47 Å². The molecule has 0 bridgehead atoms. The first-order chi connectivity index (χ1) is 17.8. The van der Waals surface area contributed by atoms with Gasteiger partial charge in [-0.1, -0.05) is 25.8 Å². The van der Waals surface area contributed by atoms with Crippen LogP contribution in [0.15, 0.2) is 24.5 Å². The van der Waals surface area contributed by atoms with Gasteiger partial charge in [0.25, 0.3) is 11.8 Å². The van der Waals surface area contributed by atoms with Gasteiger partial charge < -0.3 is 29.6 Å². The number of imidazole rings is 1. The van der Waals surface area contributed by atoms with Crippen molar-refractivity contribution >= 4 is 17.7 Å². The molecular formula is C27H37N5O5. The highest BCUT2D eigenvalue weighted by Gasteiger charge is 2.48. The number of carbonyl (C=O) groups is 3. The second-order valence-electron chi connectivity index (χ2n) is 9.86. The summed E-state index contributed by atoms with van der Waals surface area (Å²) in [5, 5.41) is 6.01. The van der Waals surface area contributed by atoms with Crippen molar-refractivity contribution in [3.05, 3.63) is 41.5 Å². The average Bonchev–Trinajstić information content (AvgIpc) is 3.56. The molecule has 10 nitrogen and oxygen atoms in total. The predicted molar refractivity (Wildman–Crippen MR) is 138 cm³/mol. The van der Waals surface area contributed by atoms with E-state index >= 15 is 0 Å². The lowest BCUT2D eigenvalue weighted by molar-refractivity contribution is -0.133. The molecule has 2 aliphatic rings. The third-order valence-electron chi connectivity index (χ3n) is 7.18. The van der Waals surface area contributed by atoms with E-state index in [1.54, 1.807) is 35.6 Å². The molecule has 1 aliphatic carbocycles. The Morgan fingerprint density at radius 3 is 2.62 bits per heavy atom. The van der Waals surface area contributed by atoms with Crippen molar-refractivity contribution in [3.8, 4) is 11.5 Å². The topological polar surface area (TPSA) is 115 Å². The van der Waals surface area contributed by atoms with Gasteiger partial charge in [-0.25, -0.2) is 4.98 Å². The Bertz CT molecular complexity index is 1160. The van der Waals surface area contributed by atoms with Crippen LogP contribution >= 0.6 is 0 Å². The lowest BCUT2D eigenvalue weighted by Crippen LogP contribution is -2.65. The highest BCUT2D eigenvalue weighted by Crippen LogP contribution is 2.31. The van der Waals surface area contributed by atoms with Crippen LogP contribution in [0.3, 0.4) is 0 Å². The summed E-state index contributed by atoms with van der Waals surface area (Å²) >= 11 is 0. The number of hydrogen-bond donors (Lipinski definition) is 2. The predicted octanol–water partition coefficient (Wildman–Crippen LogP) is 2.90. The van der Waals surface area contributed by atoms with Gasteiger partial charge >= 0.3 is 0 Å². The van der Waals surface area contributed by atoms with Crippen LogP contribution < -0.4 is 20.1 Å². The number of aromatic nitrogens is 2. The Kier molecular flexibility index (Phi) is 8.04. The average molecular weight is 512 g/mol. The summed E-state index contributed by atoms with van der Waals surface area (Å²) in [5.41, 5.74) is 0.0242. The fourth-order valence-electron chi connectivity index (χ4n) is 5.20. The van der Waals surface area contributed by atoms with Crippen molar-refractivity contribution in [2.24, 2.45) is 0 Å². The first-order valence-electron chi connectivity index (χ1n) is 13.1. The van der Waals surface area contributed by atoms with Gasteiger partial charge in [-0.3, -0.25) is 14.4 Å². The molecule has 1 fully saturated rings. The molecular weight excluding hydrogens is 474 g/mol. The SMILES string of the molecule is CCCN1C(=O)c2c(C(=O)NCc3ccc(OCC)c(OC)c3)ncn2C[C@]1(C)C(=O)NC1CCCC1. The van der Waals surface area contributed by atoms with Gasteiger partial charge in [0.2, 0.25) is 5.91 Å². The van der Waals surface area contributed by atoms with Gasteiger partial charge in [-0.05, 0) is 50.8 Å². The number of ether oxygens (including phenoxy) is 2. The standard InChI is InChI=1S/C27H37N5O5/c1-5-13-32-25(34)23-22(24(33)28-15-18-11-12-20(37-6-2)21(14-18)36-4)29-17-31(23)16-27(32,3)26(35)30-19-9-7-8-10-19/h11-12,14,17,19H,5-10,13,15-16H2,1-4H3,(H,28,33)(H,30,35)/t27-/m1/s1. The van der Waals surface area contributed by atoms with Crippen LogP contribution in [-0.2, 0) is 17.9 Å². The lowest BCUT2D eigenvalue weighted by atomic mass is 9.93. The van der Waals surface area contributed by atoms with Gasteiger partial charge in [0.1, 0.15) is 11.2 Å². The largest absolute Gasteiger partial charge is 0.493 e. The summed E-state index contributed by atoms with van der Waals surface area (Å²) in [6.45, 7) is 7.05. The van der Waals surface area contributed by atoms with Crippen LogP contribution in [0.1, 0.15) is 79.4 Å². The van der Waals surface area contributed by atoms with Gasteiger partial charge in [-0.2, -0.15) is 0 Å².